The Balaban J connectivity index is 2.86. The number of hydrogen-bond donors (Lipinski definition) is 1. The van der Waals surface area contributed by atoms with E-state index in [2.05, 4.69) is 5.32 Å². The molecule has 5 nitrogen and oxygen atoms in total. The average Bonchev–Trinajstić information content (AvgIpc) is 2.38. The van der Waals surface area contributed by atoms with Crippen molar-refractivity contribution in [3.8, 4) is 5.75 Å². The fraction of sp³-hybridized carbons (Fsp3) is 0.385. The van der Waals surface area contributed by atoms with E-state index in [1.54, 1.807) is 6.92 Å². The zero-order valence-corrected chi connectivity index (χ0v) is 12.8. The number of ether oxygens (including phenoxy) is 2. The molecule has 1 amide bonds. The van der Waals surface area contributed by atoms with Crippen LogP contribution >= 0.6 is 23.2 Å². The van der Waals surface area contributed by atoms with Crippen molar-refractivity contribution in [1.82, 2.24) is 5.32 Å². The van der Waals surface area contributed by atoms with E-state index in [4.69, 9.17) is 32.7 Å². The number of benzene rings is 1. The van der Waals surface area contributed by atoms with Crippen molar-refractivity contribution in [2.24, 2.45) is 0 Å². The number of methoxy groups -OCH3 is 1. The van der Waals surface area contributed by atoms with Crippen LogP contribution < -0.4 is 10.1 Å². The highest BCUT2D eigenvalue weighted by Crippen LogP contribution is 2.33. The Labute approximate surface area is 127 Å². The fourth-order valence-electron chi connectivity index (χ4n) is 1.49. The SMILES string of the molecule is CCOC(=O)C(C)NC(=O)c1cc(Cl)c(OC)c(Cl)c1. The van der Waals surface area contributed by atoms with E-state index in [9.17, 15) is 9.59 Å². The van der Waals surface area contributed by atoms with Gasteiger partial charge in [0.1, 0.15) is 6.04 Å². The Morgan fingerprint density at radius 1 is 1.30 bits per heavy atom. The molecule has 0 saturated heterocycles. The van der Waals surface area contributed by atoms with E-state index in [1.807, 2.05) is 0 Å². The molecular weight excluding hydrogens is 305 g/mol. The normalized spacial score (nSPS) is 11.7. The highest BCUT2D eigenvalue weighted by molar-refractivity contribution is 6.37. The van der Waals surface area contributed by atoms with Gasteiger partial charge in [-0.25, -0.2) is 4.79 Å². The van der Waals surface area contributed by atoms with E-state index in [0.717, 1.165) is 0 Å². The lowest BCUT2D eigenvalue weighted by Crippen LogP contribution is -2.39. The number of rotatable bonds is 5. The van der Waals surface area contributed by atoms with Crippen LogP contribution in [0, 0.1) is 0 Å². The third kappa shape index (κ3) is 4.02. The molecule has 1 atom stereocenters. The average molecular weight is 320 g/mol. The van der Waals surface area contributed by atoms with Crippen LogP contribution in [0.5, 0.6) is 5.75 Å². The van der Waals surface area contributed by atoms with E-state index in [1.165, 1.54) is 26.2 Å². The summed E-state index contributed by atoms with van der Waals surface area (Å²) in [5, 5.41) is 2.93. The van der Waals surface area contributed by atoms with E-state index in [-0.39, 0.29) is 22.2 Å². The van der Waals surface area contributed by atoms with Gasteiger partial charge in [-0.15, -0.1) is 0 Å². The summed E-state index contributed by atoms with van der Waals surface area (Å²) in [5.74, 6) is -0.688. The number of esters is 1. The standard InChI is InChI=1S/C13H15Cl2NO4/c1-4-20-13(18)7(2)16-12(17)8-5-9(14)11(19-3)10(15)6-8/h5-7H,4H2,1-3H3,(H,16,17). The van der Waals surface area contributed by atoms with Gasteiger partial charge < -0.3 is 14.8 Å². The smallest absolute Gasteiger partial charge is 0.328 e. The van der Waals surface area contributed by atoms with Crippen molar-refractivity contribution >= 4 is 35.1 Å². The monoisotopic (exact) mass is 319 g/mol. The van der Waals surface area contributed by atoms with Crippen molar-refractivity contribution in [2.75, 3.05) is 13.7 Å². The lowest BCUT2D eigenvalue weighted by molar-refractivity contribution is -0.144. The van der Waals surface area contributed by atoms with Crippen molar-refractivity contribution in [1.29, 1.82) is 0 Å². The summed E-state index contributed by atoms with van der Waals surface area (Å²) in [7, 11) is 1.43. The Bertz CT molecular complexity index is 496. The second kappa shape index (κ2) is 7.36. The van der Waals surface area contributed by atoms with Crippen LogP contribution in [-0.2, 0) is 9.53 Å². The van der Waals surface area contributed by atoms with Gasteiger partial charge in [-0.2, -0.15) is 0 Å². The molecule has 1 unspecified atom stereocenters. The third-order valence-corrected chi connectivity index (χ3v) is 3.01. The molecule has 1 aromatic rings. The van der Waals surface area contributed by atoms with Crippen molar-refractivity contribution in [2.45, 2.75) is 19.9 Å². The van der Waals surface area contributed by atoms with Crippen LogP contribution in [0.1, 0.15) is 24.2 Å². The Kier molecular flexibility index (Phi) is 6.10. The topological polar surface area (TPSA) is 64.6 Å². The van der Waals surface area contributed by atoms with Crippen LogP contribution in [0.15, 0.2) is 12.1 Å². The van der Waals surface area contributed by atoms with E-state index < -0.39 is 17.9 Å². The Hall–Kier alpha value is -1.46. The summed E-state index contributed by atoms with van der Waals surface area (Å²) in [5.41, 5.74) is 0.233. The zero-order chi connectivity index (χ0) is 15.3. The maximum atomic E-state index is 12.0. The molecule has 0 aliphatic carbocycles. The van der Waals surface area contributed by atoms with Gasteiger partial charge in [0.15, 0.2) is 5.75 Å². The summed E-state index contributed by atoms with van der Waals surface area (Å²) in [6.45, 7) is 3.47. The van der Waals surface area contributed by atoms with Crippen molar-refractivity contribution in [3.63, 3.8) is 0 Å². The number of nitrogens with one attached hydrogen (secondary N) is 1. The van der Waals surface area contributed by atoms with Gasteiger partial charge in [-0.1, -0.05) is 23.2 Å². The maximum Gasteiger partial charge on any atom is 0.328 e. The second-order valence-corrected chi connectivity index (χ2v) is 4.73. The van der Waals surface area contributed by atoms with E-state index >= 15 is 0 Å². The molecule has 0 spiro atoms. The molecular formula is C13H15Cl2NO4. The van der Waals surface area contributed by atoms with Crippen molar-refractivity contribution < 1.29 is 19.1 Å². The fourth-order valence-corrected chi connectivity index (χ4v) is 2.13. The first-order valence-corrected chi connectivity index (χ1v) is 6.66. The van der Waals surface area contributed by atoms with Crippen LogP contribution in [0.4, 0.5) is 0 Å². The van der Waals surface area contributed by atoms with E-state index in [0.29, 0.717) is 5.75 Å². The lowest BCUT2D eigenvalue weighted by atomic mass is 10.2. The minimum Gasteiger partial charge on any atom is -0.494 e. The Morgan fingerprint density at radius 2 is 1.85 bits per heavy atom. The molecule has 20 heavy (non-hydrogen) atoms. The number of halogens is 2. The highest BCUT2D eigenvalue weighted by Gasteiger charge is 2.19. The summed E-state index contributed by atoms with van der Waals surface area (Å²) >= 11 is 11.9. The zero-order valence-electron chi connectivity index (χ0n) is 11.3. The molecule has 0 bridgehead atoms. The molecule has 1 N–H and O–H groups in total. The molecule has 0 aliphatic heterocycles. The number of carbonyl (C=O) groups excluding carboxylic acids is 2. The maximum absolute atomic E-state index is 12.0. The predicted octanol–water partition coefficient (Wildman–Crippen LogP) is 2.68. The number of hydrogen-bond acceptors (Lipinski definition) is 4. The number of carbonyl (C=O) groups is 2. The molecule has 0 heterocycles. The predicted molar refractivity (Wildman–Crippen MR) is 76.6 cm³/mol. The first-order valence-electron chi connectivity index (χ1n) is 5.91. The molecule has 1 rings (SSSR count). The summed E-state index contributed by atoms with van der Waals surface area (Å²) in [6.07, 6.45) is 0. The van der Waals surface area contributed by atoms with Crippen LogP contribution in [0.3, 0.4) is 0 Å². The third-order valence-electron chi connectivity index (χ3n) is 2.45. The molecule has 0 radical (unpaired) electrons. The quantitative estimate of drug-likeness (QED) is 0.847. The summed E-state index contributed by atoms with van der Waals surface area (Å²) in [4.78, 5) is 23.4. The summed E-state index contributed by atoms with van der Waals surface area (Å²) in [6, 6.07) is 2.07. The summed E-state index contributed by atoms with van der Waals surface area (Å²) < 4.78 is 9.79. The van der Waals surface area contributed by atoms with Gasteiger partial charge in [-0.3, -0.25) is 4.79 Å². The molecule has 0 saturated carbocycles. The first kappa shape index (κ1) is 16.6. The largest absolute Gasteiger partial charge is 0.494 e. The van der Waals surface area contributed by atoms with Crippen LogP contribution in [0.25, 0.3) is 0 Å². The van der Waals surface area contributed by atoms with Gasteiger partial charge in [0.05, 0.1) is 23.8 Å². The van der Waals surface area contributed by atoms with Gasteiger partial charge >= 0.3 is 5.97 Å². The number of amides is 1. The van der Waals surface area contributed by atoms with Crippen LogP contribution in [0.2, 0.25) is 10.0 Å². The molecule has 0 fully saturated rings. The molecule has 1 aromatic carbocycles. The van der Waals surface area contributed by atoms with Gasteiger partial charge in [0.25, 0.3) is 5.91 Å². The molecule has 0 aromatic heterocycles. The van der Waals surface area contributed by atoms with Gasteiger partial charge in [-0.05, 0) is 26.0 Å². The minimum absolute atomic E-state index is 0.217. The lowest BCUT2D eigenvalue weighted by Gasteiger charge is -2.13. The van der Waals surface area contributed by atoms with Crippen molar-refractivity contribution in [3.05, 3.63) is 27.7 Å². The van der Waals surface area contributed by atoms with Gasteiger partial charge in [0.2, 0.25) is 0 Å². The first-order chi connectivity index (χ1) is 9.40. The van der Waals surface area contributed by atoms with Gasteiger partial charge in [0, 0.05) is 5.56 Å². The molecule has 7 heteroatoms. The van der Waals surface area contributed by atoms with Crippen LogP contribution in [-0.4, -0.2) is 31.6 Å². The minimum atomic E-state index is -0.762. The molecule has 0 aliphatic rings. The Morgan fingerprint density at radius 3 is 2.30 bits per heavy atom. The molecule has 110 valence electrons. The second-order valence-electron chi connectivity index (χ2n) is 3.92. The highest BCUT2D eigenvalue weighted by atomic mass is 35.5.